The van der Waals surface area contributed by atoms with Gasteiger partial charge in [0.2, 0.25) is 15.9 Å². The molecule has 1 aromatic heterocycles. The fraction of sp³-hybridized carbons (Fsp3) is 0.409. The Morgan fingerprint density at radius 1 is 1.07 bits per heavy atom. The first-order valence-corrected chi connectivity index (χ1v) is 11.4. The Morgan fingerprint density at radius 3 is 2.31 bits per heavy atom. The lowest BCUT2D eigenvalue weighted by molar-refractivity contribution is -0.125. The summed E-state index contributed by atoms with van der Waals surface area (Å²) in [5.41, 5.74) is 0.774. The van der Waals surface area contributed by atoms with Crippen molar-refractivity contribution in [3.63, 3.8) is 0 Å². The first-order chi connectivity index (χ1) is 13.9. The highest BCUT2D eigenvalue weighted by Gasteiger charge is 2.24. The molecule has 3 rings (SSSR count). The molecule has 29 heavy (non-hydrogen) atoms. The zero-order valence-electron chi connectivity index (χ0n) is 17.0. The van der Waals surface area contributed by atoms with Gasteiger partial charge < -0.3 is 9.32 Å². The van der Waals surface area contributed by atoms with Crippen molar-refractivity contribution in [3.8, 4) is 0 Å². The summed E-state index contributed by atoms with van der Waals surface area (Å²) >= 11 is 0. The highest BCUT2D eigenvalue weighted by atomic mass is 32.2. The minimum atomic E-state index is -3.46. The van der Waals surface area contributed by atoms with Crippen molar-refractivity contribution in [2.24, 2.45) is 0 Å². The fourth-order valence-corrected chi connectivity index (χ4v) is 4.88. The standard InChI is InChI=1S/C22H28N2O4S/c1-18-7-11-20(28-18)17-23(2)22(25)14-10-19-8-12-21(13-9-19)29(26,27)24-15-5-3-4-6-16-24/h7-14H,3-6,15-17H2,1-2H3. The quantitative estimate of drug-likeness (QED) is 0.671. The van der Waals surface area contributed by atoms with Gasteiger partial charge >= 0.3 is 0 Å². The third kappa shape index (κ3) is 5.58. The third-order valence-corrected chi connectivity index (χ3v) is 6.98. The molecule has 0 saturated carbocycles. The zero-order valence-corrected chi connectivity index (χ0v) is 17.8. The molecule has 7 heteroatoms. The smallest absolute Gasteiger partial charge is 0.246 e. The van der Waals surface area contributed by atoms with Crippen molar-refractivity contribution in [2.45, 2.75) is 44.0 Å². The number of aryl methyl sites for hydroxylation is 1. The number of rotatable bonds is 6. The molecule has 1 saturated heterocycles. The molecular weight excluding hydrogens is 388 g/mol. The average Bonchev–Trinajstić information content (AvgIpc) is 2.94. The molecular formula is C22H28N2O4S. The van der Waals surface area contributed by atoms with Gasteiger partial charge in [0.15, 0.2) is 0 Å². The number of carbonyl (C=O) groups is 1. The Balaban J connectivity index is 1.62. The van der Waals surface area contributed by atoms with E-state index in [1.54, 1.807) is 46.6 Å². The van der Waals surface area contributed by atoms with Gasteiger partial charge in [0, 0.05) is 26.2 Å². The summed E-state index contributed by atoms with van der Waals surface area (Å²) in [6.45, 7) is 3.42. The van der Waals surface area contributed by atoms with E-state index in [2.05, 4.69) is 0 Å². The van der Waals surface area contributed by atoms with E-state index in [-0.39, 0.29) is 5.91 Å². The van der Waals surface area contributed by atoms with Crippen LogP contribution in [0.2, 0.25) is 0 Å². The predicted octanol–water partition coefficient (Wildman–Crippen LogP) is 3.82. The molecule has 0 spiro atoms. The lowest BCUT2D eigenvalue weighted by Crippen LogP contribution is -2.31. The van der Waals surface area contributed by atoms with Gasteiger partial charge in [-0.3, -0.25) is 4.79 Å². The van der Waals surface area contributed by atoms with Crippen LogP contribution in [0.1, 0.15) is 42.8 Å². The van der Waals surface area contributed by atoms with E-state index in [1.165, 1.54) is 6.08 Å². The maximum atomic E-state index is 12.8. The topological polar surface area (TPSA) is 70.8 Å². The molecule has 1 aromatic carbocycles. The van der Waals surface area contributed by atoms with Crippen LogP contribution in [-0.2, 0) is 21.4 Å². The van der Waals surface area contributed by atoms with Crippen molar-refractivity contribution >= 4 is 22.0 Å². The van der Waals surface area contributed by atoms with Gasteiger partial charge in [-0.05, 0) is 55.7 Å². The van der Waals surface area contributed by atoms with Gasteiger partial charge in [0.1, 0.15) is 11.5 Å². The van der Waals surface area contributed by atoms with Crippen molar-refractivity contribution in [3.05, 3.63) is 59.6 Å². The van der Waals surface area contributed by atoms with E-state index < -0.39 is 10.0 Å². The minimum absolute atomic E-state index is 0.152. The molecule has 0 atom stereocenters. The molecule has 0 unspecified atom stereocenters. The Bertz CT molecular complexity index is 953. The number of hydrogen-bond donors (Lipinski definition) is 0. The fourth-order valence-electron chi connectivity index (χ4n) is 3.36. The maximum absolute atomic E-state index is 12.8. The van der Waals surface area contributed by atoms with Crippen molar-refractivity contribution in [2.75, 3.05) is 20.1 Å². The Hall–Kier alpha value is -2.38. The molecule has 1 aliphatic rings. The zero-order chi connectivity index (χ0) is 20.9. The van der Waals surface area contributed by atoms with Crippen LogP contribution in [0.15, 0.2) is 51.8 Å². The van der Waals surface area contributed by atoms with E-state index in [1.807, 2.05) is 19.1 Å². The highest BCUT2D eigenvalue weighted by Crippen LogP contribution is 2.21. The normalized spacial score (nSPS) is 16.1. The number of likely N-dealkylation sites (N-methyl/N-ethyl adjacent to an activating group) is 1. The summed E-state index contributed by atoms with van der Waals surface area (Å²) in [6, 6.07) is 10.4. The Morgan fingerprint density at radius 2 is 1.72 bits per heavy atom. The van der Waals surface area contributed by atoms with Crippen LogP contribution in [0.5, 0.6) is 0 Å². The second kappa shape index (κ2) is 9.41. The van der Waals surface area contributed by atoms with Crippen LogP contribution in [0.4, 0.5) is 0 Å². The van der Waals surface area contributed by atoms with Gasteiger partial charge in [0.25, 0.3) is 0 Å². The third-order valence-electron chi connectivity index (χ3n) is 5.07. The van der Waals surface area contributed by atoms with Gasteiger partial charge in [-0.25, -0.2) is 8.42 Å². The summed E-state index contributed by atoms with van der Waals surface area (Å²) < 4.78 is 32.7. The van der Waals surface area contributed by atoms with Crippen molar-refractivity contribution < 1.29 is 17.6 Å². The van der Waals surface area contributed by atoms with Crippen LogP contribution in [0.3, 0.4) is 0 Å². The molecule has 0 aliphatic carbocycles. The number of amides is 1. The second-order valence-electron chi connectivity index (χ2n) is 7.43. The molecule has 2 heterocycles. The van der Waals surface area contributed by atoms with Crippen molar-refractivity contribution in [1.82, 2.24) is 9.21 Å². The summed E-state index contributed by atoms with van der Waals surface area (Å²) in [7, 11) is -1.75. The number of nitrogens with zero attached hydrogens (tertiary/aromatic N) is 2. The lowest BCUT2D eigenvalue weighted by atomic mass is 10.2. The molecule has 156 valence electrons. The SMILES string of the molecule is Cc1ccc(CN(C)C(=O)C=Cc2ccc(S(=O)(=O)N3CCCCCC3)cc2)o1. The Kier molecular flexibility index (Phi) is 6.92. The Labute approximate surface area is 172 Å². The maximum Gasteiger partial charge on any atom is 0.246 e. The second-order valence-corrected chi connectivity index (χ2v) is 9.37. The van der Waals surface area contributed by atoms with E-state index in [0.29, 0.717) is 24.5 Å². The molecule has 2 aromatic rings. The van der Waals surface area contributed by atoms with Gasteiger partial charge in [-0.1, -0.05) is 25.0 Å². The van der Waals surface area contributed by atoms with Gasteiger partial charge in [0.05, 0.1) is 11.4 Å². The summed E-state index contributed by atoms with van der Waals surface area (Å²) in [4.78, 5) is 14.1. The van der Waals surface area contributed by atoms with Crippen LogP contribution >= 0.6 is 0 Å². The average molecular weight is 417 g/mol. The van der Waals surface area contributed by atoms with E-state index in [0.717, 1.165) is 42.8 Å². The number of sulfonamides is 1. The van der Waals surface area contributed by atoms with E-state index in [9.17, 15) is 13.2 Å². The number of benzene rings is 1. The minimum Gasteiger partial charge on any atom is -0.464 e. The molecule has 1 fully saturated rings. The summed E-state index contributed by atoms with van der Waals surface area (Å²) in [5, 5.41) is 0. The molecule has 0 bridgehead atoms. The van der Waals surface area contributed by atoms with Crippen molar-refractivity contribution in [1.29, 1.82) is 0 Å². The lowest BCUT2D eigenvalue weighted by Gasteiger charge is -2.19. The molecule has 1 aliphatic heterocycles. The van der Waals surface area contributed by atoms with E-state index >= 15 is 0 Å². The van der Waals surface area contributed by atoms with Gasteiger partial charge in [-0.15, -0.1) is 0 Å². The van der Waals surface area contributed by atoms with Crippen LogP contribution in [0, 0.1) is 6.92 Å². The number of hydrogen-bond acceptors (Lipinski definition) is 4. The summed E-state index contributed by atoms with van der Waals surface area (Å²) in [6.07, 6.45) is 7.15. The van der Waals surface area contributed by atoms with Gasteiger partial charge in [-0.2, -0.15) is 4.31 Å². The number of furan rings is 1. The predicted molar refractivity (Wildman–Crippen MR) is 113 cm³/mol. The first kappa shape index (κ1) is 21.3. The molecule has 6 nitrogen and oxygen atoms in total. The van der Waals surface area contributed by atoms with Crippen LogP contribution in [0.25, 0.3) is 6.08 Å². The van der Waals surface area contributed by atoms with E-state index in [4.69, 9.17) is 4.42 Å². The summed E-state index contributed by atoms with van der Waals surface area (Å²) in [5.74, 6) is 1.39. The molecule has 1 amide bonds. The molecule has 0 radical (unpaired) electrons. The van der Waals surface area contributed by atoms with Crippen LogP contribution < -0.4 is 0 Å². The first-order valence-electron chi connectivity index (χ1n) is 9.95. The largest absolute Gasteiger partial charge is 0.464 e. The number of carbonyl (C=O) groups excluding carboxylic acids is 1. The van der Waals surface area contributed by atoms with Crippen LogP contribution in [-0.4, -0.2) is 43.7 Å². The highest BCUT2D eigenvalue weighted by molar-refractivity contribution is 7.89. The molecule has 0 N–H and O–H groups in total. The monoisotopic (exact) mass is 416 g/mol.